The molecule has 0 atom stereocenters. The zero-order valence-corrected chi connectivity index (χ0v) is 14.7. The third-order valence-electron chi connectivity index (χ3n) is 3.49. The second-order valence-corrected chi connectivity index (χ2v) is 6.72. The molecule has 0 saturated carbocycles. The molecule has 0 fully saturated rings. The Morgan fingerprint density at radius 1 is 1.26 bits per heavy atom. The summed E-state index contributed by atoms with van der Waals surface area (Å²) < 4.78 is 12.9. The Bertz CT molecular complexity index is 902. The van der Waals surface area contributed by atoms with Crippen LogP contribution in [0.1, 0.15) is 5.56 Å². The number of thioether (sulfide) groups is 1. The smallest absolute Gasteiger partial charge is 0.271 e. The van der Waals surface area contributed by atoms with E-state index < -0.39 is 0 Å². The van der Waals surface area contributed by atoms with E-state index in [1.807, 2.05) is 29.6 Å². The highest BCUT2D eigenvalue weighted by molar-refractivity contribution is 7.98. The second kappa shape index (κ2) is 6.64. The van der Waals surface area contributed by atoms with Crippen molar-refractivity contribution in [3.63, 3.8) is 0 Å². The van der Waals surface area contributed by atoms with Gasteiger partial charge < -0.3 is 9.47 Å². The van der Waals surface area contributed by atoms with Crippen molar-refractivity contribution < 1.29 is 9.47 Å². The van der Waals surface area contributed by atoms with E-state index in [9.17, 15) is 4.79 Å². The monoisotopic (exact) mass is 348 g/mol. The molecule has 7 heteroatoms. The number of rotatable bonds is 5. The lowest BCUT2D eigenvalue weighted by Gasteiger charge is -2.11. The molecule has 0 aliphatic carbocycles. The van der Waals surface area contributed by atoms with Crippen LogP contribution in [0.2, 0.25) is 0 Å². The van der Waals surface area contributed by atoms with E-state index in [2.05, 4.69) is 4.98 Å². The molecular formula is C16H16N2O3S2. The van der Waals surface area contributed by atoms with E-state index in [-0.39, 0.29) is 5.56 Å². The summed E-state index contributed by atoms with van der Waals surface area (Å²) in [7, 11) is 5.02. The molecular weight excluding hydrogens is 332 g/mol. The maximum absolute atomic E-state index is 12.3. The summed E-state index contributed by atoms with van der Waals surface area (Å²) in [5.41, 5.74) is 1.74. The highest BCUT2D eigenvalue weighted by Crippen LogP contribution is 2.30. The van der Waals surface area contributed by atoms with Crippen molar-refractivity contribution in [2.45, 2.75) is 10.9 Å². The predicted molar refractivity (Wildman–Crippen MR) is 94.0 cm³/mol. The summed E-state index contributed by atoms with van der Waals surface area (Å²) in [4.78, 5) is 16.9. The Morgan fingerprint density at radius 2 is 2.09 bits per heavy atom. The molecule has 0 radical (unpaired) electrons. The number of fused-ring (bicyclic) bond motifs is 1. The molecule has 120 valence electrons. The number of benzene rings is 1. The van der Waals surface area contributed by atoms with Crippen molar-refractivity contribution >= 4 is 33.3 Å². The fourth-order valence-electron chi connectivity index (χ4n) is 2.23. The van der Waals surface area contributed by atoms with E-state index in [4.69, 9.17) is 9.47 Å². The molecule has 0 N–H and O–H groups in total. The molecule has 0 saturated heterocycles. The van der Waals surface area contributed by atoms with Crippen molar-refractivity contribution in [3.05, 3.63) is 45.6 Å². The van der Waals surface area contributed by atoms with Crippen LogP contribution >= 0.6 is 23.1 Å². The third kappa shape index (κ3) is 3.07. The molecule has 1 aromatic carbocycles. The van der Waals surface area contributed by atoms with Crippen molar-refractivity contribution in [1.29, 1.82) is 0 Å². The van der Waals surface area contributed by atoms with Crippen molar-refractivity contribution in [1.82, 2.24) is 9.55 Å². The zero-order valence-electron chi connectivity index (χ0n) is 13.0. The molecule has 5 nitrogen and oxygen atoms in total. The number of methoxy groups -OCH3 is 2. The minimum Gasteiger partial charge on any atom is -0.497 e. The van der Waals surface area contributed by atoms with Gasteiger partial charge in [-0.05, 0) is 29.6 Å². The maximum atomic E-state index is 12.3. The van der Waals surface area contributed by atoms with E-state index in [0.717, 1.165) is 22.6 Å². The number of hydrogen-bond donors (Lipinski definition) is 0. The first-order valence-electron chi connectivity index (χ1n) is 6.92. The number of nitrogens with zero attached hydrogens (tertiary/aromatic N) is 2. The van der Waals surface area contributed by atoms with Crippen LogP contribution in [0.15, 0.2) is 39.6 Å². The normalized spacial score (nSPS) is 10.9. The predicted octanol–water partition coefficient (Wildman–Crippen LogP) is 3.30. The van der Waals surface area contributed by atoms with E-state index in [1.165, 1.54) is 23.1 Å². The lowest BCUT2D eigenvalue weighted by Crippen LogP contribution is -2.18. The number of aromatic nitrogens is 2. The van der Waals surface area contributed by atoms with Gasteiger partial charge in [0.15, 0.2) is 5.16 Å². The molecule has 0 spiro atoms. The van der Waals surface area contributed by atoms with Gasteiger partial charge in [0.05, 0.1) is 19.7 Å². The van der Waals surface area contributed by atoms with Crippen LogP contribution in [-0.2, 0) is 12.8 Å². The van der Waals surface area contributed by atoms with Gasteiger partial charge in [0.1, 0.15) is 16.2 Å². The summed E-state index contributed by atoms with van der Waals surface area (Å²) in [6, 6.07) is 7.55. The molecule has 2 heterocycles. The second-order valence-electron chi connectivity index (χ2n) is 4.86. The van der Waals surface area contributed by atoms with Gasteiger partial charge in [-0.2, -0.15) is 0 Å². The van der Waals surface area contributed by atoms with Crippen LogP contribution in [0, 0.1) is 0 Å². The van der Waals surface area contributed by atoms with Gasteiger partial charge in [0, 0.05) is 18.4 Å². The van der Waals surface area contributed by atoms with Gasteiger partial charge in [-0.3, -0.25) is 9.36 Å². The summed E-state index contributed by atoms with van der Waals surface area (Å²) in [6.45, 7) is 0. The largest absolute Gasteiger partial charge is 0.497 e. The maximum Gasteiger partial charge on any atom is 0.271 e. The van der Waals surface area contributed by atoms with Crippen LogP contribution < -0.4 is 15.0 Å². The summed E-state index contributed by atoms with van der Waals surface area (Å²) in [5, 5.41) is 2.57. The average molecular weight is 348 g/mol. The highest BCUT2D eigenvalue weighted by Gasteiger charge is 2.12. The van der Waals surface area contributed by atoms with Crippen LogP contribution in [0.4, 0.5) is 0 Å². The van der Waals surface area contributed by atoms with Gasteiger partial charge in [0.25, 0.3) is 5.56 Å². The van der Waals surface area contributed by atoms with Crippen molar-refractivity contribution in [2.24, 2.45) is 7.05 Å². The third-order valence-corrected chi connectivity index (χ3v) is 5.46. The first kappa shape index (κ1) is 15.9. The topological polar surface area (TPSA) is 53.4 Å². The SMILES string of the molecule is COc1ccc(OC)c(CSc2nc3ccsc3c(=O)n2C)c1. The van der Waals surface area contributed by atoms with Crippen LogP contribution in [-0.4, -0.2) is 23.8 Å². The van der Waals surface area contributed by atoms with E-state index in [0.29, 0.717) is 15.6 Å². The van der Waals surface area contributed by atoms with Gasteiger partial charge in [0.2, 0.25) is 0 Å². The molecule has 2 aromatic heterocycles. The first-order chi connectivity index (χ1) is 11.1. The number of thiophene rings is 1. The molecule has 0 unspecified atom stereocenters. The first-order valence-corrected chi connectivity index (χ1v) is 8.78. The number of hydrogen-bond acceptors (Lipinski definition) is 6. The Balaban J connectivity index is 1.92. The van der Waals surface area contributed by atoms with Crippen LogP contribution in [0.25, 0.3) is 10.2 Å². The number of ether oxygens (including phenoxy) is 2. The fourth-order valence-corrected chi connectivity index (χ4v) is 3.99. The highest BCUT2D eigenvalue weighted by atomic mass is 32.2. The zero-order chi connectivity index (χ0) is 16.4. The summed E-state index contributed by atoms with van der Waals surface area (Å²) >= 11 is 2.92. The quantitative estimate of drug-likeness (QED) is 0.523. The molecule has 0 aliphatic rings. The van der Waals surface area contributed by atoms with Gasteiger partial charge in [-0.15, -0.1) is 11.3 Å². The standard InChI is InChI=1S/C16H16N2O3S2/c1-18-15(19)14-12(6-7-22-14)17-16(18)23-9-10-8-11(20-2)4-5-13(10)21-3/h4-8H,9H2,1-3H3. The molecule has 0 amide bonds. The van der Waals surface area contributed by atoms with Crippen LogP contribution in [0.3, 0.4) is 0 Å². The Morgan fingerprint density at radius 3 is 2.83 bits per heavy atom. The van der Waals surface area contributed by atoms with Gasteiger partial charge in [-0.1, -0.05) is 11.8 Å². The van der Waals surface area contributed by atoms with Crippen molar-refractivity contribution in [3.8, 4) is 11.5 Å². The molecule has 0 aliphatic heterocycles. The molecule has 3 rings (SSSR count). The minimum atomic E-state index is -0.00916. The van der Waals surface area contributed by atoms with Gasteiger partial charge >= 0.3 is 0 Å². The lowest BCUT2D eigenvalue weighted by molar-refractivity contribution is 0.400. The molecule has 0 bridgehead atoms. The Labute approximate surface area is 141 Å². The Hall–Kier alpha value is -1.99. The lowest BCUT2D eigenvalue weighted by atomic mass is 10.2. The van der Waals surface area contributed by atoms with Gasteiger partial charge in [-0.25, -0.2) is 4.98 Å². The fraction of sp³-hybridized carbons (Fsp3) is 0.250. The average Bonchev–Trinajstić information content (AvgIpc) is 3.05. The molecule has 23 heavy (non-hydrogen) atoms. The van der Waals surface area contributed by atoms with Crippen LogP contribution in [0.5, 0.6) is 11.5 Å². The Kier molecular flexibility index (Phi) is 4.58. The summed E-state index contributed by atoms with van der Waals surface area (Å²) in [5.74, 6) is 2.20. The van der Waals surface area contributed by atoms with E-state index in [1.54, 1.807) is 25.8 Å². The summed E-state index contributed by atoms with van der Waals surface area (Å²) in [6.07, 6.45) is 0. The van der Waals surface area contributed by atoms with E-state index >= 15 is 0 Å². The molecule has 3 aromatic rings. The minimum absolute atomic E-state index is 0.00916. The van der Waals surface area contributed by atoms with Crippen molar-refractivity contribution in [2.75, 3.05) is 14.2 Å².